The number of rotatable bonds is 1. The van der Waals surface area contributed by atoms with E-state index in [-0.39, 0.29) is 0 Å². The number of carbonyl (C=O) groups excluding carboxylic acids is 1. The molecular formula is C2H6N2O2. The Hall–Kier alpha value is -0.930. The Balaban J connectivity index is 0. The highest BCUT2D eigenvalue weighted by Crippen LogP contribution is 1.31. The highest BCUT2D eigenvalue weighted by Gasteiger charge is 1.41. The van der Waals surface area contributed by atoms with Gasteiger partial charge in [-0.25, -0.2) is 0 Å². The minimum absolute atomic E-state index is 1.45. The highest BCUT2D eigenvalue weighted by molar-refractivity contribution is 5.10. The van der Waals surface area contributed by atoms with Crippen molar-refractivity contribution in [1.82, 2.24) is 5.43 Å². The number of nitrogens with zero attached hydrogens (tertiary/aromatic N) is 1. The average molecular weight is 90.1 g/mol. The maximum absolute atomic E-state index is 8.81. The van der Waals surface area contributed by atoms with Crippen LogP contribution in [0.1, 0.15) is 0 Å². The summed E-state index contributed by atoms with van der Waals surface area (Å²) < 4.78 is 0. The Labute approximate surface area is 35.5 Å². The summed E-state index contributed by atoms with van der Waals surface area (Å²) in [5.41, 5.74) is 2.00. The predicted molar refractivity (Wildman–Crippen MR) is 22.0 cm³/mol. The molecule has 1 N–H and O–H groups in total. The molecule has 0 aromatic heterocycles. The van der Waals surface area contributed by atoms with Crippen molar-refractivity contribution in [3.63, 3.8) is 0 Å². The van der Waals surface area contributed by atoms with Crippen LogP contribution in [0.5, 0.6) is 0 Å². The van der Waals surface area contributed by atoms with Gasteiger partial charge in [0.25, 0.3) is 0 Å². The summed E-state index contributed by atoms with van der Waals surface area (Å²) in [6.45, 7) is 2.00. The van der Waals surface area contributed by atoms with Crippen molar-refractivity contribution in [2.75, 3.05) is 7.05 Å². The van der Waals surface area contributed by atoms with Crippen molar-refractivity contribution >= 4 is 6.79 Å². The first-order valence-electron chi connectivity index (χ1n) is 1.19. The molecule has 0 amide bonds. The van der Waals surface area contributed by atoms with E-state index in [1.54, 1.807) is 0 Å². The summed E-state index contributed by atoms with van der Waals surface area (Å²) in [4.78, 5) is 16.8. The second-order valence-corrected chi connectivity index (χ2v) is 0.315. The SMILES string of the molecule is C=O.CNN=O. The number of hydrogen-bond acceptors (Lipinski definition) is 3. The average Bonchev–Trinajstić information content (AvgIpc) is 1.72. The minimum atomic E-state index is 1.45. The molecular weight excluding hydrogens is 84.0 g/mol. The standard InChI is InChI=1S/CH4N2O.CH2O/c1-2-3-4;1-2/h1H3,(H,2,4);1H2. The monoisotopic (exact) mass is 90.0 g/mol. The third kappa shape index (κ3) is 2680. The van der Waals surface area contributed by atoms with Gasteiger partial charge in [0.15, 0.2) is 0 Å². The van der Waals surface area contributed by atoms with E-state index in [9.17, 15) is 0 Å². The molecule has 0 radical (unpaired) electrons. The van der Waals surface area contributed by atoms with Gasteiger partial charge in [-0.3, -0.25) is 5.43 Å². The molecule has 0 rings (SSSR count). The number of carbonyl (C=O) groups is 1. The van der Waals surface area contributed by atoms with E-state index in [1.807, 2.05) is 12.2 Å². The van der Waals surface area contributed by atoms with Crippen molar-refractivity contribution in [3.8, 4) is 0 Å². The number of nitroso groups, excluding NO2 is 1. The van der Waals surface area contributed by atoms with Crippen LogP contribution in [0.3, 0.4) is 0 Å². The van der Waals surface area contributed by atoms with Gasteiger partial charge >= 0.3 is 0 Å². The second kappa shape index (κ2) is 33.5. The van der Waals surface area contributed by atoms with E-state index in [2.05, 4.69) is 5.29 Å². The highest BCUT2D eigenvalue weighted by atomic mass is 16.3. The van der Waals surface area contributed by atoms with Gasteiger partial charge < -0.3 is 4.79 Å². The van der Waals surface area contributed by atoms with Crippen LogP contribution in [-0.4, -0.2) is 13.8 Å². The molecule has 36 valence electrons. The molecule has 0 aliphatic carbocycles. The first kappa shape index (κ1) is 8.91. The van der Waals surface area contributed by atoms with Crippen molar-refractivity contribution in [1.29, 1.82) is 0 Å². The van der Waals surface area contributed by atoms with E-state index in [4.69, 9.17) is 9.70 Å². The fourth-order valence-electron chi connectivity index (χ4n) is 0. The molecule has 0 aliphatic heterocycles. The van der Waals surface area contributed by atoms with E-state index in [0.29, 0.717) is 0 Å². The number of hydrogen-bond donors (Lipinski definition) is 1. The summed E-state index contributed by atoms with van der Waals surface area (Å²) in [6.07, 6.45) is 0. The topological polar surface area (TPSA) is 58.5 Å². The zero-order valence-electron chi connectivity index (χ0n) is 3.47. The molecule has 0 saturated carbocycles. The van der Waals surface area contributed by atoms with Gasteiger partial charge in [-0.1, -0.05) is 0 Å². The molecule has 0 heterocycles. The lowest BCUT2D eigenvalue weighted by atomic mass is 11.5. The van der Waals surface area contributed by atoms with Gasteiger partial charge in [0.05, 0.1) is 0 Å². The van der Waals surface area contributed by atoms with E-state index in [0.717, 1.165) is 0 Å². The van der Waals surface area contributed by atoms with Gasteiger partial charge in [0, 0.05) is 12.3 Å². The normalized spacial score (nSPS) is 4.17. The fraction of sp³-hybridized carbons (Fsp3) is 0.500. The summed E-state index contributed by atoms with van der Waals surface area (Å²) in [5.74, 6) is 0. The lowest BCUT2D eigenvalue weighted by Gasteiger charge is -1.63. The molecule has 0 unspecified atom stereocenters. The maximum atomic E-state index is 8.81. The molecule has 0 aliphatic rings. The minimum Gasteiger partial charge on any atom is -0.307 e. The predicted octanol–water partition coefficient (Wildman–Crippen LogP) is -0.298. The third-order valence-corrected chi connectivity index (χ3v) is 0.0913. The molecule has 0 atom stereocenters. The maximum Gasteiger partial charge on any atom is 0.106 e. The fourth-order valence-corrected chi connectivity index (χ4v) is 0. The lowest BCUT2D eigenvalue weighted by Crippen LogP contribution is -1.87. The van der Waals surface area contributed by atoms with E-state index >= 15 is 0 Å². The van der Waals surface area contributed by atoms with Crippen molar-refractivity contribution in [2.45, 2.75) is 0 Å². The van der Waals surface area contributed by atoms with Crippen molar-refractivity contribution in [3.05, 3.63) is 4.91 Å². The zero-order valence-corrected chi connectivity index (χ0v) is 3.47. The Morgan fingerprint density at radius 1 is 1.67 bits per heavy atom. The van der Waals surface area contributed by atoms with Crippen LogP contribution in [0.25, 0.3) is 0 Å². The Bertz CT molecular complexity index is 30.7. The first-order chi connectivity index (χ1) is 2.91. The summed E-state index contributed by atoms with van der Waals surface area (Å²) in [6, 6.07) is 0. The molecule has 0 fully saturated rings. The zero-order chi connectivity index (χ0) is 5.41. The van der Waals surface area contributed by atoms with Gasteiger partial charge in [-0.05, 0) is 0 Å². The molecule has 4 nitrogen and oxygen atoms in total. The van der Waals surface area contributed by atoms with Gasteiger partial charge in [0.2, 0.25) is 0 Å². The molecule has 4 heteroatoms. The van der Waals surface area contributed by atoms with Crippen LogP contribution in [0.15, 0.2) is 5.29 Å². The molecule has 0 saturated heterocycles. The van der Waals surface area contributed by atoms with Gasteiger partial charge in [-0.2, -0.15) is 0 Å². The quantitative estimate of drug-likeness (QED) is 0.355. The smallest absolute Gasteiger partial charge is 0.106 e. The number of nitrogens with one attached hydrogen (secondary N) is 1. The molecule has 0 spiro atoms. The van der Waals surface area contributed by atoms with E-state index < -0.39 is 0 Å². The molecule has 0 aromatic rings. The third-order valence-electron chi connectivity index (χ3n) is 0.0913. The summed E-state index contributed by atoms with van der Waals surface area (Å²) in [5, 5.41) is 2.24. The molecule has 0 aromatic carbocycles. The van der Waals surface area contributed by atoms with E-state index in [1.165, 1.54) is 7.05 Å². The Morgan fingerprint density at radius 3 is 1.83 bits per heavy atom. The van der Waals surface area contributed by atoms with Gasteiger partial charge in [-0.15, -0.1) is 4.91 Å². The molecule has 6 heavy (non-hydrogen) atoms. The molecule has 0 bridgehead atoms. The Kier molecular flexibility index (Phi) is 49.8. The summed E-state index contributed by atoms with van der Waals surface area (Å²) >= 11 is 0. The van der Waals surface area contributed by atoms with Crippen LogP contribution in [0.2, 0.25) is 0 Å². The van der Waals surface area contributed by atoms with Crippen LogP contribution < -0.4 is 5.43 Å². The van der Waals surface area contributed by atoms with Crippen LogP contribution in [0, 0.1) is 4.91 Å². The van der Waals surface area contributed by atoms with Crippen LogP contribution >= 0.6 is 0 Å². The second-order valence-electron chi connectivity index (χ2n) is 0.315. The van der Waals surface area contributed by atoms with Gasteiger partial charge in [0.1, 0.15) is 6.79 Å². The van der Waals surface area contributed by atoms with Crippen LogP contribution in [0.4, 0.5) is 0 Å². The van der Waals surface area contributed by atoms with Crippen LogP contribution in [-0.2, 0) is 4.79 Å². The largest absolute Gasteiger partial charge is 0.307 e. The van der Waals surface area contributed by atoms with Crippen molar-refractivity contribution < 1.29 is 4.79 Å². The first-order valence-corrected chi connectivity index (χ1v) is 1.19. The van der Waals surface area contributed by atoms with Crippen molar-refractivity contribution in [2.24, 2.45) is 5.29 Å². The Morgan fingerprint density at radius 2 is 1.83 bits per heavy atom. The lowest BCUT2D eigenvalue weighted by molar-refractivity contribution is -0.0979. The summed E-state index contributed by atoms with van der Waals surface area (Å²) in [7, 11) is 1.45.